The smallest absolute Gasteiger partial charge is 0.339 e. The van der Waals surface area contributed by atoms with Gasteiger partial charge < -0.3 is 19.7 Å². The van der Waals surface area contributed by atoms with Gasteiger partial charge in [0.05, 0.1) is 14.2 Å². The van der Waals surface area contributed by atoms with E-state index < -0.39 is 11.7 Å². The molecule has 0 aromatic heterocycles. The number of benzene rings is 1. The Morgan fingerprint density at radius 2 is 1.75 bits per heavy atom. The van der Waals surface area contributed by atoms with Gasteiger partial charge in [0, 0.05) is 0 Å². The molecular formula is C11H16O5. The van der Waals surface area contributed by atoms with Crippen LogP contribution in [0.3, 0.4) is 0 Å². The van der Waals surface area contributed by atoms with Crippen LogP contribution in [-0.2, 0) is 0 Å². The van der Waals surface area contributed by atoms with Crippen LogP contribution in [0.5, 0.6) is 17.2 Å². The Labute approximate surface area is 94.2 Å². The van der Waals surface area contributed by atoms with Crippen LogP contribution in [0.25, 0.3) is 0 Å². The molecule has 0 aliphatic rings. The second-order valence-corrected chi connectivity index (χ2v) is 2.50. The highest BCUT2D eigenvalue weighted by molar-refractivity contribution is 5.92. The molecule has 0 aliphatic carbocycles. The Morgan fingerprint density at radius 3 is 2.12 bits per heavy atom. The Balaban J connectivity index is 0.00000106. The summed E-state index contributed by atoms with van der Waals surface area (Å²) in [5, 5.41) is 18.2. The topological polar surface area (TPSA) is 76.0 Å². The summed E-state index contributed by atoms with van der Waals surface area (Å²) < 4.78 is 9.69. The molecule has 5 nitrogen and oxygen atoms in total. The molecule has 1 aromatic carbocycles. The first-order chi connectivity index (χ1) is 7.61. The van der Waals surface area contributed by atoms with Crippen molar-refractivity contribution in [1.82, 2.24) is 0 Å². The highest BCUT2D eigenvalue weighted by atomic mass is 16.5. The number of phenols is 1. The molecule has 0 saturated carbocycles. The standard InChI is InChI=1S/C9H10O5.C2H6/c1-13-6-4-3-5(9(11)12)7(10)8(6)14-2;1-2/h3-4,10H,1-2H3,(H,11,12);1-2H3. The van der Waals surface area contributed by atoms with Gasteiger partial charge in [0.1, 0.15) is 5.56 Å². The molecule has 1 rings (SSSR count). The van der Waals surface area contributed by atoms with Crippen LogP contribution >= 0.6 is 0 Å². The molecule has 0 aliphatic heterocycles. The van der Waals surface area contributed by atoms with Gasteiger partial charge in [-0.1, -0.05) is 13.8 Å². The largest absolute Gasteiger partial charge is 0.504 e. The number of ether oxygens (including phenoxy) is 2. The van der Waals surface area contributed by atoms with Crippen molar-refractivity contribution in [2.45, 2.75) is 13.8 Å². The molecule has 0 atom stereocenters. The van der Waals surface area contributed by atoms with Crippen molar-refractivity contribution >= 4 is 5.97 Å². The van der Waals surface area contributed by atoms with E-state index in [1.807, 2.05) is 13.8 Å². The molecule has 2 N–H and O–H groups in total. The summed E-state index contributed by atoms with van der Waals surface area (Å²) in [5.74, 6) is -1.34. The minimum Gasteiger partial charge on any atom is -0.504 e. The SMILES string of the molecule is CC.COc1ccc(C(=O)O)c(O)c1OC. The molecule has 1 aromatic rings. The molecule has 0 saturated heterocycles. The van der Waals surface area contributed by atoms with Crippen LogP contribution in [0.15, 0.2) is 12.1 Å². The molecule has 5 heteroatoms. The predicted molar refractivity (Wildman–Crippen MR) is 59.5 cm³/mol. The van der Waals surface area contributed by atoms with Crippen molar-refractivity contribution in [2.24, 2.45) is 0 Å². The fourth-order valence-electron chi connectivity index (χ4n) is 1.08. The number of hydrogen-bond acceptors (Lipinski definition) is 4. The number of carbonyl (C=O) groups is 1. The third-order valence-corrected chi connectivity index (χ3v) is 1.75. The fraction of sp³-hybridized carbons (Fsp3) is 0.364. The van der Waals surface area contributed by atoms with E-state index in [4.69, 9.17) is 14.6 Å². The maximum atomic E-state index is 10.6. The first-order valence-electron chi connectivity index (χ1n) is 4.79. The second kappa shape index (κ2) is 6.55. The number of methoxy groups -OCH3 is 2. The van der Waals surface area contributed by atoms with Crippen LogP contribution in [0.2, 0.25) is 0 Å². The second-order valence-electron chi connectivity index (χ2n) is 2.50. The lowest BCUT2D eigenvalue weighted by molar-refractivity contribution is 0.0693. The third-order valence-electron chi connectivity index (χ3n) is 1.75. The lowest BCUT2D eigenvalue weighted by atomic mass is 10.2. The van der Waals surface area contributed by atoms with Gasteiger partial charge in [-0.25, -0.2) is 4.79 Å². The van der Waals surface area contributed by atoms with Crippen molar-refractivity contribution in [3.63, 3.8) is 0 Å². The van der Waals surface area contributed by atoms with Crippen LogP contribution in [0.1, 0.15) is 24.2 Å². The minimum absolute atomic E-state index is 0.0207. The summed E-state index contributed by atoms with van der Waals surface area (Å²) in [7, 11) is 2.72. The van der Waals surface area contributed by atoms with E-state index in [2.05, 4.69) is 0 Å². The maximum Gasteiger partial charge on any atom is 0.339 e. The minimum atomic E-state index is -1.22. The molecule has 0 spiro atoms. The fourth-order valence-corrected chi connectivity index (χ4v) is 1.08. The van der Waals surface area contributed by atoms with Gasteiger partial charge in [0.25, 0.3) is 0 Å². The van der Waals surface area contributed by atoms with Crippen molar-refractivity contribution in [2.75, 3.05) is 14.2 Å². The van der Waals surface area contributed by atoms with E-state index in [1.54, 1.807) is 0 Å². The molecule has 0 heterocycles. The van der Waals surface area contributed by atoms with E-state index >= 15 is 0 Å². The van der Waals surface area contributed by atoms with Gasteiger partial charge in [-0.2, -0.15) is 0 Å². The van der Waals surface area contributed by atoms with Gasteiger partial charge in [0.2, 0.25) is 5.75 Å². The van der Waals surface area contributed by atoms with E-state index in [0.717, 1.165) is 0 Å². The van der Waals surface area contributed by atoms with Crippen LogP contribution in [0, 0.1) is 0 Å². The van der Waals surface area contributed by atoms with E-state index in [-0.39, 0.29) is 17.1 Å². The van der Waals surface area contributed by atoms with Gasteiger partial charge in [-0.15, -0.1) is 0 Å². The first-order valence-corrected chi connectivity index (χ1v) is 4.79. The normalized spacial score (nSPS) is 8.75. The van der Waals surface area contributed by atoms with E-state index in [1.165, 1.54) is 26.4 Å². The number of aromatic carboxylic acids is 1. The molecular weight excluding hydrogens is 212 g/mol. The van der Waals surface area contributed by atoms with Crippen LogP contribution in [0.4, 0.5) is 0 Å². The lowest BCUT2D eigenvalue weighted by Gasteiger charge is -2.10. The Hall–Kier alpha value is -1.91. The summed E-state index contributed by atoms with van der Waals surface area (Å²) in [4.78, 5) is 10.6. The summed E-state index contributed by atoms with van der Waals surface area (Å²) in [5.41, 5.74) is -0.220. The van der Waals surface area contributed by atoms with Crippen molar-refractivity contribution < 1.29 is 24.5 Å². The summed E-state index contributed by atoms with van der Waals surface area (Å²) in [6, 6.07) is 2.67. The summed E-state index contributed by atoms with van der Waals surface area (Å²) in [6.07, 6.45) is 0. The van der Waals surface area contributed by atoms with Gasteiger partial charge in [-0.05, 0) is 12.1 Å². The average molecular weight is 228 g/mol. The summed E-state index contributed by atoms with van der Waals surface area (Å²) >= 11 is 0. The van der Waals surface area contributed by atoms with Crippen LogP contribution < -0.4 is 9.47 Å². The Bertz CT molecular complexity index is 360. The lowest BCUT2D eigenvalue weighted by Crippen LogP contribution is -1.99. The molecule has 0 radical (unpaired) electrons. The maximum absolute atomic E-state index is 10.6. The van der Waals surface area contributed by atoms with Gasteiger partial charge in [0.15, 0.2) is 11.5 Å². The zero-order chi connectivity index (χ0) is 12.7. The van der Waals surface area contributed by atoms with Crippen molar-refractivity contribution in [1.29, 1.82) is 0 Å². The summed E-state index contributed by atoms with van der Waals surface area (Å²) in [6.45, 7) is 4.00. The molecule has 0 bridgehead atoms. The molecule has 90 valence electrons. The number of aromatic hydroxyl groups is 1. The van der Waals surface area contributed by atoms with Gasteiger partial charge in [-0.3, -0.25) is 0 Å². The van der Waals surface area contributed by atoms with Gasteiger partial charge >= 0.3 is 5.97 Å². The number of carboxylic acid groups (broad SMARTS) is 1. The molecule has 16 heavy (non-hydrogen) atoms. The number of rotatable bonds is 3. The molecule has 0 fully saturated rings. The Kier molecular flexibility index (Phi) is 5.77. The van der Waals surface area contributed by atoms with E-state index in [0.29, 0.717) is 0 Å². The average Bonchev–Trinajstić information content (AvgIpc) is 2.30. The zero-order valence-corrected chi connectivity index (χ0v) is 9.77. The predicted octanol–water partition coefficient (Wildman–Crippen LogP) is 2.13. The monoisotopic (exact) mass is 228 g/mol. The number of hydrogen-bond donors (Lipinski definition) is 2. The molecule has 0 unspecified atom stereocenters. The van der Waals surface area contributed by atoms with E-state index in [9.17, 15) is 9.90 Å². The Morgan fingerprint density at radius 1 is 1.19 bits per heavy atom. The third kappa shape index (κ3) is 2.79. The quantitative estimate of drug-likeness (QED) is 0.828. The number of carboxylic acids is 1. The zero-order valence-electron chi connectivity index (χ0n) is 9.77. The molecule has 0 amide bonds. The highest BCUT2D eigenvalue weighted by Gasteiger charge is 2.17. The van der Waals surface area contributed by atoms with Crippen molar-refractivity contribution in [3.05, 3.63) is 17.7 Å². The first kappa shape index (κ1) is 14.1. The van der Waals surface area contributed by atoms with Crippen molar-refractivity contribution in [3.8, 4) is 17.2 Å². The highest BCUT2D eigenvalue weighted by Crippen LogP contribution is 2.38. The van der Waals surface area contributed by atoms with Crippen LogP contribution in [-0.4, -0.2) is 30.4 Å².